The average Bonchev–Trinajstić information content (AvgIpc) is 2.34. The van der Waals surface area contributed by atoms with Crippen LogP contribution in [0.5, 0.6) is 0 Å². The second-order valence-corrected chi connectivity index (χ2v) is 4.05. The molecule has 1 rings (SSSR count). The van der Waals surface area contributed by atoms with E-state index in [1.165, 1.54) is 0 Å². The van der Waals surface area contributed by atoms with Gasteiger partial charge in [0, 0.05) is 5.38 Å². The summed E-state index contributed by atoms with van der Waals surface area (Å²) in [4.78, 5) is 4.17. The van der Waals surface area contributed by atoms with Crippen LogP contribution in [0.4, 0.5) is 0 Å². The fraction of sp³-hybridized carbons (Fsp3) is 0.286. The Morgan fingerprint density at radius 2 is 2.60 bits per heavy atom. The Hall–Kier alpha value is -0.330. The van der Waals surface area contributed by atoms with Gasteiger partial charge in [0.05, 0.1) is 11.6 Å². The maximum Gasteiger partial charge on any atom is 0.159 e. The van der Waals surface area contributed by atoms with E-state index in [0.29, 0.717) is 0 Å². The summed E-state index contributed by atoms with van der Waals surface area (Å²) in [6.45, 7) is 1.96. The minimum Gasteiger partial charge on any atom is -0.233 e. The lowest BCUT2D eigenvalue weighted by molar-refractivity contribution is 0.949. The molecule has 0 amide bonds. The van der Waals surface area contributed by atoms with Crippen LogP contribution < -0.4 is 0 Å². The maximum atomic E-state index is 5.21. The van der Waals surface area contributed by atoms with Crippen LogP contribution in [0.2, 0.25) is 0 Å². The van der Waals surface area contributed by atoms with Crippen molar-refractivity contribution in [2.24, 2.45) is 0 Å². The molecular formula is C7H6BrNS. The van der Waals surface area contributed by atoms with Crippen LogP contribution in [0.3, 0.4) is 0 Å². The molecule has 0 bridgehead atoms. The first kappa shape index (κ1) is 7.77. The molecule has 0 aliphatic rings. The molecule has 1 aromatic rings. The maximum absolute atomic E-state index is 5.21. The van der Waals surface area contributed by atoms with Gasteiger partial charge in [0.15, 0.2) is 3.92 Å². The molecule has 1 heterocycles. The van der Waals surface area contributed by atoms with Crippen LogP contribution in [0.25, 0.3) is 0 Å². The van der Waals surface area contributed by atoms with Gasteiger partial charge in [-0.15, -0.1) is 17.8 Å². The highest BCUT2D eigenvalue weighted by atomic mass is 79.9. The van der Waals surface area contributed by atoms with E-state index in [4.69, 9.17) is 6.42 Å². The fourth-order valence-corrected chi connectivity index (χ4v) is 1.67. The monoisotopic (exact) mass is 215 g/mol. The molecule has 0 radical (unpaired) electrons. The van der Waals surface area contributed by atoms with E-state index >= 15 is 0 Å². The van der Waals surface area contributed by atoms with Crippen molar-refractivity contribution in [3.8, 4) is 12.3 Å². The molecule has 1 aromatic heterocycles. The predicted octanol–water partition coefficient (Wildman–Crippen LogP) is 2.64. The third kappa shape index (κ3) is 1.59. The van der Waals surface area contributed by atoms with Gasteiger partial charge in [0.2, 0.25) is 0 Å². The molecule has 0 saturated carbocycles. The second-order valence-electron chi connectivity index (χ2n) is 1.91. The molecule has 0 aromatic carbocycles. The number of hydrogen-bond acceptors (Lipinski definition) is 2. The van der Waals surface area contributed by atoms with Crippen LogP contribution in [-0.4, -0.2) is 4.98 Å². The van der Waals surface area contributed by atoms with Crippen LogP contribution in [-0.2, 0) is 0 Å². The molecule has 0 aliphatic carbocycles. The fourth-order valence-electron chi connectivity index (χ4n) is 0.547. The molecule has 0 aliphatic heterocycles. The lowest BCUT2D eigenvalue weighted by atomic mass is 10.1. The highest BCUT2D eigenvalue weighted by molar-refractivity contribution is 9.11. The lowest BCUT2D eigenvalue weighted by Gasteiger charge is -1.94. The van der Waals surface area contributed by atoms with E-state index in [1.54, 1.807) is 11.3 Å². The number of terminal acetylenes is 1. The summed E-state index contributed by atoms with van der Waals surface area (Å²) in [7, 11) is 0. The van der Waals surface area contributed by atoms with Gasteiger partial charge in [0.1, 0.15) is 0 Å². The van der Waals surface area contributed by atoms with E-state index in [9.17, 15) is 0 Å². The van der Waals surface area contributed by atoms with Crippen LogP contribution in [0, 0.1) is 12.3 Å². The Kier molecular flexibility index (Phi) is 2.47. The normalized spacial score (nSPS) is 12.5. The smallest absolute Gasteiger partial charge is 0.159 e. The molecular weight excluding hydrogens is 210 g/mol. The largest absolute Gasteiger partial charge is 0.233 e. The molecule has 1 unspecified atom stereocenters. The summed E-state index contributed by atoms with van der Waals surface area (Å²) >= 11 is 4.83. The first-order valence-electron chi connectivity index (χ1n) is 2.81. The second kappa shape index (κ2) is 3.18. The van der Waals surface area contributed by atoms with Gasteiger partial charge in [-0.3, -0.25) is 0 Å². The molecule has 1 nitrogen and oxygen atoms in total. The van der Waals surface area contributed by atoms with Crippen molar-refractivity contribution in [2.75, 3.05) is 0 Å². The molecule has 0 fully saturated rings. The van der Waals surface area contributed by atoms with E-state index in [2.05, 4.69) is 26.8 Å². The molecule has 10 heavy (non-hydrogen) atoms. The Morgan fingerprint density at radius 3 is 3.00 bits per heavy atom. The van der Waals surface area contributed by atoms with Crippen molar-refractivity contribution in [3.63, 3.8) is 0 Å². The van der Waals surface area contributed by atoms with Crippen molar-refractivity contribution >= 4 is 27.3 Å². The van der Waals surface area contributed by atoms with Crippen molar-refractivity contribution in [3.05, 3.63) is 15.0 Å². The number of thiazole rings is 1. The minimum absolute atomic E-state index is 0.127. The highest BCUT2D eigenvalue weighted by Crippen LogP contribution is 2.21. The summed E-state index contributed by atoms with van der Waals surface area (Å²) in [5.74, 6) is 2.75. The zero-order valence-electron chi connectivity index (χ0n) is 5.47. The predicted molar refractivity (Wildman–Crippen MR) is 47.1 cm³/mol. The van der Waals surface area contributed by atoms with Crippen LogP contribution in [0.15, 0.2) is 9.30 Å². The molecule has 0 spiro atoms. The number of rotatable bonds is 1. The quantitative estimate of drug-likeness (QED) is 0.657. The van der Waals surface area contributed by atoms with E-state index < -0.39 is 0 Å². The van der Waals surface area contributed by atoms with Gasteiger partial charge in [0.25, 0.3) is 0 Å². The standard InChI is InChI=1S/C7H6BrNS/c1-3-5(2)6-4-10-7(8)9-6/h1,4-5H,2H3. The van der Waals surface area contributed by atoms with Crippen molar-refractivity contribution in [1.29, 1.82) is 0 Å². The van der Waals surface area contributed by atoms with Gasteiger partial charge in [-0.1, -0.05) is 5.92 Å². The summed E-state index contributed by atoms with van der Waals surface area (Å²) in [6.07, 6.45) is 5.21. The molecule has 0 N–H and O–H groups in total. The van der Waals surface area contributed by atoms with E-state index in [-0.39, 0.29) is 5.92 Å². The molecule has 0 saturated heterocycles. The zero-order chi connectivity index (χ0) is 7.56. The number of nitrogens with zero attached hydrogens (tertiary/aromatic N) is 1. The van der Waals surface area contributed by atoms with Crippen LogP contribution in [0.1, 0.15) is 18.5 Å². The van der Waals surface area contributed by atoms with E-state index in [0.717, 1.165) is 9.61 Å². The summed E-state index contributed by atoms with van der Waals surface area (Å²) < 4.78 is 0.893. The number of hydrogen-bond donors (Lipinski definition) is 0. The van der Waals surface area contributed by atoms with Gasteiger partial charge < -0.3 is 0 Å². The third-order valence-corrected chi connectivity index (χ3v) is 2.57. The van der Waals surface area contributed by atoms with Crippen molar-refractivity contribution < 1.29 is 0 Å². The first-order chi connectivity index (χ1) is 4.74. The number of aromatic nitrogens is 1. The average molecular weight is 216 g/mol. The highest BCUT2D eigenvalue weighted by Gasteiger charge is 2.04. The Labute approximate surface area is 72.6 Å². The van der Waals surface area contributed by atoms with E-state index in [1.807, 2.05) is 12.3 Å². The van der Waals surface area contributed by atoms with Gasteiger partial charge in [-0.25, -0.2) is 4.98 Å². The summed E-state index contributed by atoms with van der Waals surface area (Å²) in [5, 5.41) is 1.97. The third-order valence-electron chi connectivity index (χ3n) is 1.19. The Balaban J connectivity index is 2.87. The van der Waals surface area contributed by atoms with Gasteiger partial charge in [-0.05, 0) is 22.9 Å². The lowest BCUT2D eigenvalue weighted by Crippen LogP contribution is -1.87. The Bertz CT molecular complexity index is 261. The molecule has 3 heteroatoms. The summed E-state index contributed by atoms with van der Waals surface area (Å²) in [5.41, 5.74) is 0.972. The Morgan fingerprint density at radius 1 is 1.90 bits per heavy atom. The van der Waals surface area contributed by atoms with Gasteiger partial charge >= 0.3 is 0 Å². The topological polar surface area (TPSA) is 12.9 Å². The molecule has 1 atom stereocenters. The first-order valence-corrected chi connectivity index (χ1v) is 4.48. The van der Waals surface area contributed by atoms with Crippen molar-refractivity contribution in [1.82, 2.24) is 4.98 Å². The van der Waals surface area contributed by atoms with Crippen molar-refractivity contribution in [2.45, 2.75) is 12.8 Å². The minimum atomic E-state index is 0.127. The SMILES string of the molecule is C#CC(C)c1csc(Br)n1. The number of halogens is 1. The zero-order valence-corrected chi connectivity index (χ0v) is 7.87. The summed E-state index contributed by atoms with van der Waals surface area (Å²) in [6, 6.07) is 0. The molecule has 52 valence electrons. The van der Waals surface area contributed by atoms with Crippen LogP contribution >= 0.6 is 27.3 Å². The van der Waals surface area contributed by atoms with Gasteiger partial charge in [-0.2, -0.15) is 0 Å².